The molecule has 1 fully saturated rings. The van der Waals surface area contributed by atoms with Crippen molar-refractivity contribution < 1.29 is 9.59 Å². The summed E-state index contributed by atoms with van der Waals surface area (Å²) in [4.78, 5) is 26.5. The van der Waals surface area contributed by atoms with Gasteiger partial charge in [-0.2, -0.15) is 0 Å². The summed E-state index contributed by atoms with van der Waals surface area (Å²) in [5.41, 5.74) is 1.24. The molecule has 0 aromatic heterocycles. The number of benzene rings is 1. The minimum Gasteiger partial charge on any atom is -0.389 e. The van der Waals surface area contributed by atoms with Gasteiger partial charge in [-0.25, -0.2) is 0 Å². The number of nitrogens with one attached hydrogen (secondary N) is 1. The lowest BCUT2D eigenvalue weighted by molar-refractivity contribution is -0.124. The lowest BCUT2D eigenvalue weighted by atomic mass is 9.80. The normalized spacial score (nSPS) is 18.7. The number of hydrogen-bond acceptors (Lipinski definition) is 4. The molecule has 5 heteroatoms. The second-order valence-corrected chi connectivity index (χ2v) is 6.26. The van der Waals surface area contributed by atoms with Gasteiger partial charge in [0.2, 0.25) is 0 Å². The van der Waals surface area contributed by atoms with E-state index >= 15 is 0 Å². The molecule has 0 spiro atoms. The van der Waals surface area contributed by atoms with Gasteiger partial charge in [-0.15, -0.1) is 0 Å². The minimum atomic E-state index is -0.0985. The number of hydrogen-bond donors (Lipinski definition) is 1. The van der Waals surface area contributed by atoms with E-state index in [1.165, 1.54) is 0 Å². The van der Waals surface area contributed by atoms with Gasteiger partial charge in [-0.1, -0.05) is 23.7 Å². The Morgan fingerprint density at radius 3 is 2.55 bits per heavy atom. The molecule has 1 saturated carbocycles. The summed E-state index contributed by atoms with van der Waals surface area (Å²) in [5, 5.41) is 3.67. The van der Waals surface area contributed by atoms with E-state index in [-0.39, 0.29) is 23.1 Å². The molecular formula is C17H21ClN2O2. The molecule has 0 heterocycles. The molecule has 1 aliphatic rings. The Bertz CT molecular complexity index is 576. The molecule has 0 saturated heterocycles. The molecule has 0 radical (unpaired) electrons. The predicted octanol–water partition coefficient (Wildman–Crippen LogP) is 2.39. The largest absolute Gasteiger partial charge is 0.389 e. The molecule has 0 amide bonds. The van der Waals surface area contributed by atoms with Gasteiger partial charge in [0, 0.05) is 37.2 Å². The van der Waals surface area contributed by atoms with Gasteiger partial charge in [-0.05, 0) is 37.7 Å². The summed E-state index contributed by atoms with van der Waals surface area (Å²) in [6.45, 7) is 1.55. The van der Waals surface area contributed by atoms with E-state index in [1.54, 1.807) is 12.3 Å². The molecule has 1 aromatic carbocycles. The first-order valence-corrected chi connectivity index (χ1v) is 7.75. The molecule has 22 heavy (non-hydrogen) atoms. The van der Waals surface area contributed by atoms with Crippen LogP contribution >= 0.6 is 11.6 Å². The van der Waals surface area contributed by atoms with Gasteiger partial charge in [0.05, 0.1) is 5.57 Å². The van der Waals surface area contributed by atoms with E-state index in [0.717, 1.165) is 12.1 Å². The van der Waals surface area contributed by atoms with Crippen LogP contribution in [-0.4, -0.2) is 43.7 Å². The number of likely N-dealkylation sites (N-methyl/N-ethyl adjacent to an activating group) is 1. The van der Waals surface area contributed by atoms with E-state index < -0.39 is 0 Å². The molecule has 0 atom stereocenters. The Morgan fingerprint density at radius 1 is 1.27 bits per heavy atom. The van der Waals surface area contributed by atoms with Gasteiger partial charge >= 0.3 is 0 Å². The molecule has 1 aromatic rings. The summed E-state index contributed by atoms with van der Waals surface area (Å²) < 4.78 is 0. The fourth-order valence-electron chi connectivity index (χ4n) is 2.51. The number of halogens is 1. The van der Waals surface area contributed by atoms with Crippen molar-refractivity contribution in [2.24, 2.45) is 0 Å². The monoisotopic (exact) mass is 320 g/mol. The van der Waals surface area contributed by atoms with Crippen molar-refractivity contribution in [1.82, 2.24) is 10.2 Å². The van der Waals surface area contributed by atoms with Crippen LogP contribution in [0.5, 0.6) is 0 Å². The van der Waals surface area contributed by atoms with Gasteiger partial charge in [0.15, 0.2) is 11.6 Å². The van der Waals surface area contributed by atoms with Crippen molar-refractivity contribution in [2.45, 2.75) is 18.8 Å². The summed E-state index contributed by atoms with van der Waals surface area (Å²) in [6, 6.07) is 7.39. The second-order valence-electron chi connectivity index (χ2n) is 5.82. The van der Waals surface area contributed by atoms with E-state index in [4.69, 9.17) is 11.6 Å². The third kappa shape index (κ3) is 4.42. The Kier molecular flexibility index (Phi) is 5.75. The highest BCUT2D eigenvalue weighted by atomic mass is 35.5. The maximum absolute atomic E-state index is 12.2. The number of nitrogens with zero attached hydrogens (tertiary/aromatic N) is 1. The first kappa shape index (κ1) is 16.7. The first-order valence-electron chi connectivity index (χ1n) is 7.37. The number of Topliss-reactive ketones (excluding diaryl/α,β-unsaturated/α-hetero) is 2. The van der Waals surface area contributed by atoms with Crippen LogP contribution in [0.2, 0.25) is 5.02 Å². The van der Waals surface area contributed by atoms with Crippen molar-refractivity contribution >= 4 is 23.2 Å². The van der Waals surface area contributed by atoms with Gasteiger partial charge in [0.1, 0.15) is 0 Å². The standard InChI is InChI=1S/C17H21ClN2O2/c1-20(2)7-6-19-11-15-16(21)9-13(10-17(15)22)12-4-3-5-14(18)8-12/h3-5,8,11,13,19H,6-7,9-10H2,1-2H3. The van der Waals surface area contributed by atoms with E-state index in [0.29, 0.717) is 24.4 Å². The number of rotatable bonds is 5. The Hall–Kier alpha value is -1.65. The van der Waals surface area contributed by atoms with Crippen LogP contribution in [0.4, 0.5) is 0 Å². The van der Waals surface area contributed by atoms with E-state index in [1.807, 2.05) is 37.2 Å². The zero-order valence-electron chi connectivity index (χ0n) is 12.9. The lowest BCUT2D eigenvalue weighted by Gasteiger charge is -2.22. The summed E-state index contributed by atoms with van der Waals surface area (Å²) >= 11 is 5.98. The fourth-order valence-corrected chi connectivity index (χ4v) is 2.71. The average molecular weight is 321 g/mol. The van der Waals surface area contributed by atoms with Crippen molar-refractivity contribution in [3.05, 3.63) is 46.6 Å². The van der Waals surface area contributed by atoms with Crippen LogP contribution in [0.25, 0.3) is 0 Å². The van der Waals surface area contributed by atoms with Crippen molar-refractivity contribution in [2.75, 3.05) is 27.2 Å². The molecule has 0 aliphatic heterocycles. The second kappa shape index (κ2) is 7.56. The third-order valence-electron chi connectivity index (χ3n) is 3.73. The smallest absolute Gasteiger partial charge is 0.168 e. The first-order chi connectivity index (χ1) is 10.5. The van der Waals surface area contributed by atoms with Gasteiger partial charge in [0.25, 0.3) is 0 Å². The number of allylic oxidation sites excluding steroid dienone is 1. The highest BCUT2D eigenvalue weighted by molar-refractivity contribution is 6.30. The predicted molar refractivity (Wildman–Crippen MR) is 88.1 cm³/mol. The van der Waals surface area contributed by atoms with Crippen LogP contribution in [-0.2, 0) is 9.59 Å². The van der Waals surface area contributed by atoms with Crippen LogP contribution in [0.15, 0.2) is 36.0 Å². The topological polar surface area (TPSA) is 49.4 Å². The number of carbonyl (C=O) groups excluding carboxylic acids is 2. The summed E-state index contributed by atoms with van der Waals surface area (Å²) in [7, 11) is 3.95. The summed E-state index contributed by atoms with van der Waals surface area (Å²) in [6.07, 6.45) is 2.28. The molecule has 0 bridgehead atoms. The van der Waals surface area contributed by atoms with Gasteiger partial charge < -0.3 is 10.2 Å². The Morgan fingerprint density at radius 2 is 1.95 bits per heavy atom. The molecule has 1 N–H and O–H groups in total. The zero-order valence-corrected chi connectivity index (χ0v) is 13.7. The van der Waals surface area contributed by atoms with Crippen LogP contribution < -0.4 is 5.32 Å². The van der Waals surface area contributed by atoms with E-state index in [9.17, 15) is 9.59 Å². The van der Waals surface area contributed by atoms with Crippen molar-refractivity contribution in [3.8, 4) is 0 Å². The number of carbonyl (C=O) groups is 2. The Labute approximate surface area is 136 Å². The van der Waals surface area contributed by atoms with E-state index in [2.05, 4.69) is 5.32 Å². The quantitative estimate of drug-likeness (QED) is 0.514. The lowest BCUT2D eigenvalue weighted by Crippen LogP contribution is -2.28. The van der Waals surface area contributed by atoms with Crippen LogP contribution in [0.1, 0.15) is 24.3 Å². The molecule has 1 aliphatic carbocycles. The summed E-state index contributed by atoms with van der Waals surface area (Å²) in [5.74, 6) is -0.269. The molecule has 118 valence electrons. The van der Waals surface area contributed by atoms with Crippen molar-refractivity contribution in [3.63, 3.8) is 0 Å². The minimum absolute atomic E-state index is 0.0716. The fraction of sp³-hybridized carbons (Fsp3) is 0.412. The molecule has 4 nitrogen and oxygen atoms in total. The third-order valence-corrected chi connectivity index (χ3v) is 3.97. The van der Waals surface area contributed by atoms with Crippen LogP contribution in [0, 0.1) is 0 Å². The highest BCUT2D eigenvalue weighted by Crippen LogP contribution is 2.32. The molecule has 2 rings (SSSR count). The highest BCUT2D eigenvalue weighted by Gasteiger charge is 2.31. The van der Waals surface area contributed by atoms with Gasteiger partial charge in [-0.3, -0.25) is 9.59 Å². The maximum atomic E-state index is 12.2. The van der Waals surface area contributed by atoms with Crippen LogP contribution in [0.3, 0.4) is 0 Å². The molecular weight excluding hydrogens is 300 g/mol. The maximum Gasteiger partial charge on any atom is 0.168 e. The van der Waals surface area contributed by atoms with Crippen molar-refractivity contribution in [1.29, 1.82) is 0 Å². The SMILES string of the molecule is CN(C)CCNC=C1C(=O)CC(c2cccc(Cl)c2)CC1=O. The number of ketones is 2. The average Bonchev–Trinajstić information content (AvgIpc) is 2.45. The molecule has 0 unspecified atom stereocenters. The zero-order chi connectivity index (χ0) is 16.1. The Balaban J connectivity index is 2.01.